The van der Waals surface area contributed by atoms with Crippen molar-refractivity contribution in [3.63, 3.8) is 0 Å². The van der Waals surface area contributed by atoms with E-state index in [0.717, 1.165) is 30.5 Å². The van der Waals surface area contributed by atoms with Gasteiger partial charge in [0.1, 0.15) is 0 Å². The fourth-order valence-electron chi connectivity index (χ4n) is 4.09. The summed E-state index contributed by atoms with van der Waals surface area (Å²) in [5, 5.41) is 7.72. The van der Waals surface area contributed by atoms with Gasteiger partial charge in [0, 0.05) is 23.4 Å². The molecule has 4 rings (SSSR count). The Morgan fingerprint density at radius 3 is 2.74 bits per heavy atom. The van der Waals surface area contributed by atoms with E-state index in [-0.39, 0.29) is 22.8 Å². The maximum atomic E-state index is 12.9. The first-order chi connectivity index (χ1) is 16.2. The molecule has 0 saturated carbocycles. The second kappa shape index (κ2) is 10.2. The van der Waals surface area contributed by atoms with Crippen molar-refractivity contribution in [2.24, 2.45) is 5.92 Å². The van der Waals surface area contributed by atoms with Gasteiger partial charge < -0.3 is 9.84 Å². The molecule has 1 fully saturated rings. The molecule has 1 aromatic heterocycles. The van der Waals surface area contributed by atoms with Crippen LogP contribution in [-0.4, -0.2) is 48.7 Å². The van der Waals surface area contributed by atoms with Crippen LogP contribution in [0.15, 0.2) is 57.9 Å². The summed E-state index contributed by atoms with van der Waals surface area (Å²) in [6, 6.07) is 13.7. The monoisotopic (exact) mass is 502 g/mol. The zero-order valence-corrected chi connectivity index (χ0v) is 20.6. The molecule has 34 heavy (non-hydrogen) atoms. The van der Waals surface area contributed by atoms with Crippen LogP contribution in [-0.2, 0) is 21.2 Å². The lowest BCUT2D eigenvalue weighted by Crippen LogP contribution is -2.43. The molecule has 1 aliphatic heterocycles. The third-order valence-electron chi connectivity index (χ3n) is 5.95. The first-order valence-electron chi connectivity index (χ1n) is 11.1. The molecule has 1 saturated heterocycles. The third kappa shape index (κ3) is 6.02. The fraction of sp³-hybridized carbons (Fsp3) is 0.375. The molecule has 0 bridgehead atoms. The van der Waals surface area contributed by atoms with E-state index in [9.17, 15) is 13.2 Å². The predicted molar refractivity (Wildman–Crippen MR) is 129 cm³/mol. The smallest absolute Gasteiger partial charge is 0.241 e. The van der Waals surface area contributed by atoms with Gasteiger partial charge in [-0.3, -0.25) is 9.69 Å². The quantitative estimate of drug-likeness (QED) is 0.522. The fourth-order valence-corrected chi connectivity index (χ4v) is 4.91. The number of rotatable bonds is 7. The standard InChI is InChI=1S/C24H27ClN4O4S/c1-16(17-8-10-21(11-9-17)34(2,31)32)26-24(30)19-6-4-12-29(14-19)15-22-27-23(28-33-22)18-5-3-7-20(25)13-18/h3,5,7-11,13,16,19H,4,6,12,14-15H2,1-2H3,(H,26,30). The molecule has 3 aromatic rings. The van der Waals surface area contributed by atoms with Gasteiger partial charge in [0.15, 0.2) is 9.84 Å². The molecule has 1 amide bonds. The molecule has 8 nitrogen and oxygen atoms in total. The minimum atomic E-state index is -3.25. The van der Waals surface area contributed by atoms with E-state index in [0.29, 0.717) is 29.8 Å². The lowest BCUT2D eigenvalue weighted by Gasteiger charge is -2.31. The average Bonchev–Trinajstić information content (AvgIpc) is 3.27. The number of benzene rings is 2. The summed E-state index contributed by atoms with van der Waals surface area (Å²) >= 11 is 6.05. The number of piperidine rings is 1. The predicted octanol–water partition coefficient (Wildman–Crippen LogP) is 3.88. The first kappa shape index (κ1) is 24.4. The van der Waals surface area contributed by atoms with Gasteiger partial charge in [-0.1, -0.05) is 41.0 Å². The maximum absolute atomic E-state index is 12.9. The number of halogens is 1. The Morgan fingerprint density at radius 2 is 2.03 bits per heavy atom. The number of hydrogen-bond acceptors (Lipinski definition) is 7. The van der Waals surface area contributed by atoms with Crippen molar-refractivity contribution in [1.29, 1.82) is 0 Å². The normalized spacial score (nSPS) is 17.9. The van der Waals surface area contributed by atoms with E-state index in [1.54, 1.807) is 36.4 Å². The molecule has 2 unspecified atom stereocenters. The number of nitrogens with zero attached hydrogens (tertiary/aromatic N) is 3. The van der Waals surface area contributed by atoms with Crippen molar-refractivity contribution < 1.29 is 17.7 Å². The summed E-state index contributed by atoms with van der Waals surface area (Å²) in [5.74, 6) is 0.811. The maximum Gasteiger partial charge on any atom is 0.241 e. The SMILES string of the molecule is CC(NC(=O)C1CCCN(Cc2nc(-c3cccc(Cl)c3)no2)C1)c1ccc(S(C)(=O)=O)cc1. The number of amides is 1. The minimum Gasteiger partial charge on any atom is -0.349 e. The van der Waals surface area contributed by atoms with Gasteiger partial charge in [-0.05, 0) is 56.1 Å². The Balaban J connectivity index is 1.34. The Labute approximate surface area is 204 Å². The Bertz CT molecular complexity index is 1260. The van der Waals surface area contributed by atoms with Crippen LogP contribution in [0.4, 0.5) is 0 Å². The number of carbonyl (C=O) groups excluding carboxylic acids is 1. The number of likely N-dealkylation sites (tertiary alicyclic amines) is 1. The van der Waals surface area contributed by atoms with Crippen LogP contribution in [0.1, 0.15) is 37.3 Å². The first-order valence-corrected chi connectivity index (χ1v) is 13.4. The molecule has 1 aliphatic rings. The third-order valence-corrected chi connectivity index (χ3v) is 7.32. The highest BCUT2D eigenvalue weighted by atomic mass is 35.5. The lowest BCUT2D eigenvalue weighted by atomic mass is 9.96. The van der Waals surface area contributed by atoms with Crippen molar-refractivity contribution >= 4 is 27.3 Å². The van der Waals surface area contributed by atoms with Crippen molar-refractivity contribution in [3.8, 4) is 11.4 Å². The van der Waals surface area contributed by atoms with Crippen LogP contribution in [0, 0.1) is 5.92 Å². The van der Waals surface area contributed by atoms with Crippen LogP contribution >= 0.6 is 11.6 Å². The molecule has 2 atom stereocenters. The topological polar surface area (TPSA) is 105 Å². The van der Waals surface area contributed by atoms with Crippen molar-refractivity contribution in [3.05, 3.63) is 65.0 Å². The zero-order valence-electron chi connectivity index (χ0n) is 19.1. The van der Waals surface area contributed by atoms with Gasteiger partial charge in [-0.25, -0.2) is 8.42 Å². The van der Waals surface area contributed by atoms with Crippen LogP contribution in [0.5, 0.6) is 0 Å². The molecule has 0 spiro atoms. The average molecular weight is 503 g/mol. The minimum absolute atomic E-state index is 0.0189. The molecular weight excluding hydrogens is 476 g/mol. The summed E-state index contributed by atoms with van der Waals surface area (Å²) in [7, 11) is -3.25. The number of aromatic nitrogens is 2. The Morgan fingerprint density at radius 1 is 1.26 bits per heavy atom. The summed E-state index contributed by atoms with van der Waals surface area (Å²) in [6.07, 6.45) is 2.87. The van der Waals surface area contributed by atoms with E-state index >= 15 is 0 Å². The van der Waals surface area contributed by atoms with Crippen LogP contribution in [0.3, 0.4) is 0 Å². The molecular formula is C24H27ClN4O4S. The number of nitrogens with one attached hydrogen (secondary N) is 1. The largest absolute Gasteiger partial charge is 0.349 e. The Kier molecular flexibility index (Phi) is 7.35. The number of hydrogen-bond donors (Lipinski definition) is 1. The van der Waals surface area contributed by atoms with Gasteiger partial charge in [-0.2, -0.15) is 4.98 Å². The lowest BCUT2D eigenvalue weighted by molar-refractivity contribution is -0.127. The molecule has 2 aromatic carbocycles. The molecule has 2 heterocycles. The number of sulfone groups is 1. The van der Waals surface area contributed by atoms with Gasteiger partial charge in [0.2, 0.25) is 17.6 Å². The van der Waals surface area contributed by atoms with E-state index < -0.39 is 9.84 Å². The van der Waals surface area contributed by atoms with Crippen molar-refractivity contribution in [2.45, 2.75) is 37.2 Å². The van der Waals surface area contributed by atoms with Gasteiger partial charge >= 0.3 is 0 Å². The van der Waals surface area contributed by atoms with Crippen LogP contribution in [0.25, 0.3) is 11.4 Å². The summed E-state index contributed by atoms with van der Waals surface area (Å²) in [5.41, 5.74) is 1.64. The highest BCUT2D eigenvalue weighted by Crippen LogP contribution is 2.23. The highest BCUT2D eigenvalue weighted by Gasteiger charge is 2.28. The Hall–Kier alpha value is -2.75. The van der Waals surface area contributed by atoms with Gasteiger partial charge in [-0.15, -0.1) is 0 Å². The summed E-state index contributed by atoms with van der Waals surface area (Å²) in [6.45, 7) is 3.81. The second-order valence-corrected chi connectivity index (χ2v) is 11.1. The zero-order chi connectivity index (χ0) is 24.3. The molecule has 0 aliphatic carbocycles. The van der Waals surface area contributed by atoms with Crippen molar-refractivity contribution in [2.75, 3.05) is 19.3 Å². The van der Waals surface area contributed by atoms with E-state index in [2.05, 4.69) is 20.4 Å². The van der Waals surface area contributed by atoms with Crippen LogP contribution in [0.2, 0.25) is 5.02 Å². The number of carbonyl (C=O) groups is 1. The molecule has 1 N–H and O–H groups in total. The van der Waals surface area contributed by atoms with Gasteiger partial charge in [0.05, 0.1) is 23.4 Å². The van der Waals surface area contributed by atoms with Gasteiger partial charge in [0.25, 0.3) is 0 Å². The second-order valence-electron chi connectivity index (χ2n) is 8.67. The molecule has 180 valence electrons. The summed E-state index contributed by atoms with van der Waals surface area (Å²) in [4.78, 5) is 19.8. The van der Waals surface area contributed by atoms with Crippen LogP contribution < -0.4 is 5.32 Å². The summed E-state index contributed by atoms with van der Waals surface area (Å²) < 4.78 is 28.7. The van der Waals surface area contributed by atoms with E-state index in [1.165, 1.54) is 6.26 Å². The van der Waals surface area contributed by atoms with E-state index in [1.807, 2.05) is 19.1 Å². The van der Waals surface area contributed by atoms with E-state index in [4.69, 9.17) is 16.1 Å². The molecule has 0 radical (unpaired) electrons. The van der Waals surface area contributed by atoms with Crippen molar-refractivity contribution in [1.82, 2.24) is 20.4 Å². The molecule has 10 heteroatoms. The highest BCUT2D eigenvalue weighted by molar-refractivity contribution is 7.90.